The fraction of sp³-hybridized carbons (Fsp3) is 0.435. The predicted molar refractivity (Wildman–Crippen MR) is 112 cm³/mol. The van der Waals surface area contributed by atoms with E-state index in [1.165, 1.54) is 37.9 Å². The normalized spacial score (nSPS) is 15.6. The predicted octanol–water partition coefficient (Wildman–Crippen LogP) is 3.73. The number of hydrogen-bond donors (Lipinski definition) is 2. The summed E-state index contributed by atoms with van der Waals surface area (Å²) in [5.74, 6) is 0.783. The van der Waals surface area contributed by atoms with E-state index >= 15 is 0 Å². The average molecular weight is 366 g/mol. The fourth-order valence-corrected chi connectivity index (χ4v) is 3.81. The molecule has 2 aromatic rings. The van der Waals surface area contributed by atoms with Gasteiger partial charge in [0.15, 0.2) is 0 Å². The van der Waals surface area contributed by atoms with Gasteiger partial charge in [-0.3, -0.25) is 4.79 Å². The molecular weight excluding hydrogens is 334 g/mol. The first-order valence-electron chi connectivity index (χ1n) is 10.1. The van der Waals surface area contributed by atoms with E-state index in [0.717, 1.165) is 31.8 Å². The average Bonchev–Trinajstić information content (AvgIpc) is 2.69. The monoisotopic (exact) mass is 365 g/mol. The van der Waals surface area contributed by atoms with Gasteiger partial charge in [0.25, 0.3) is 5.91 Å². The number of likely N-dealkylation sites (tertiary alicyclic amines) is 1. The van der Waals surface area contributed by atoms with Crippen LogP contribution in [0.3, 0.4) is 0 Å². The minimum absolute atomic E-state index is 0.0379. The van der Waals surface area contributed by atoms with Crippen LogP contribution in [-0.4, -0.2) is 37.0 Å². The number of nitrogens with one attached hydrogen (secondary N) is 1. The quantitative estimate of drug-likeness (QED) is 0.553. The number of anilines is 1. The number of nitrogens with two attached hydrogens (primary N) is 1. The van der Waals surface area contributed by atoms with Crippen LogP contribution >= 0.6 is 0 Å². The second-order valence-electron chi connectivity index (χ2n) is 7.56. The number of carbonyl (C=O) groups is 1. The number of piperidine rings is 1. The summed E-state index contributed by atoms with van der Waals surface area (Å²) in [5, 5.41) is 2.99. The molecule has 0 unspecified atom stereocenters. The third-order valence-electron chi connectivity index (χ3n) is 5.41. The minimum atomic E-state index is -0.0379. The highest BCUT2D eigenvalue weighted by Gasteiger charge is 2.18. The van der Waals surface area contributed by atoms with E-state index in [1.807, 2.05) is 6.07 Å². The lowest BCUT2D eigenvalue weighted by Crippen LogP contribution is -2.35. The van der Waals surface area contributed by atoms with Crippen molar-refractivity contribution in [2.24, 2.45) is 5.92 Å². The van der Waals surface area contributed by atoms with Crippen molar-refractivity contribution in [2.75, 3.05) is 31.9 Å². The molecule has 4 heteroatoms. The zero-order chi connectivity index (χ0) is 18.9. The van der Waals surface area contributed by atoms with Crippen LogP contribution in [0.25, 0.3) is 0 Å². The molecule has 1 fully saturated rings. The maximum Gasteiger partial charge on any atom is 0.251 e. The maximum atomic E-state index is 12.1. The summed E-state index contributed by atoms with van der Waals surface area (Å²) >= 11 is 0. The Kier molecular flexibility index (Phi) is 7.28. The van der Waals surface area contributed by atoms with Gasteiger partial charge in [0, 0.05) is 17.8 Å². The molecule has 1 heterocycles. The van der Waals surface area contributed by atoms with Gasteiger partial charge >= 0.3 is 0 Å². The summed E-state index contributed by atoms with van der Waals surface area (Å²) in [5.41, 5.74) is 8.45. The van der Waals surface area contributed by atoms with Crippen LogP contribution in [0.1, 0.15) is 41.6 Å². The molecule has 0 spiro atoms. The molecule has 0 saturated carbocycles. The number of benzene rings is 2. The lowest BCUT2D eigenvalue weighted by atomic mass is 9.90. The summed E-state index contributed by atoms with van der Waals surface area (Å²) in [4.78, 5) is 14.6. The molecule has 0 radical (unpaired) electrons. The van der Waals surface area contributed by atoms with E-state index in [4.69, 9.17) is 5.73 Å². The van der Waals surface area contributed by atoms with Crippen molar-refractivity contribution in [1.29, 1.82) is 0 Å². The third kappa shape index (κ3) is 6.40. The highest BCUT2D eigenvalue weighted by molar-refractivity contribution is 5.94. The van der Waals surface area contributed by atoms with Crippen LogP contribution in [0.15, 0.2) is 54.6 Å². The van der Waals surface area contributed by atoms with Crippen LogP contribution in [0.5, 0.6) is 0 Å². The fourth-order valence-electron chi connectivity index (χ4n) is 3.81. The molecule has 1 saturated heterocycles. The van der Waals surface area contributed by atoms with Crippen molar-refractivity contribution in [3.63, 3.8) is 0 Å². The van der Waals surface area contributed by atoms with E-state index in [1.54, 1.807) is 18.2 Å². The lowest BCUT2D eigenvalue weighted by molar-refractivity contribution is 0.0952. The first kappa shape index (κ1) is 19.4. The Morgan fingerprint density at radius 3 is 2.56 bits per heavy atom. The van der Waals surface area contributed by atoms with Crippen LogP contribution in [0.2, 0.25) is 0 Å². The zero-order valence-corrected chi connectivity index (χ0v) is 16.1. The third-order valence-corrected chi connectivity index (χ3v) is 5.41. The summed E-state index contributed by atoms with van der Waals surface area (Å²) in [7, 11) is 0. The summed E-state index contributed by atoms with van der Waals surface area (Å²) in [6, 6.07) is 18.0. The number of nitrogen functional groups attached to an aromatic ring is 1. The van der Waals surface area contributed by atoms with Crippen LogP contribution < -0.4 is 11.1 Å². The van der Waals surface area contributed by atoms with E-state index < -0.39 is 0 Å². The van der Waals surface area contributed by atoms with Gasteiger partial charge in [-0.05, 0) is 81.4 Å². The Labute approximate surface area is 162 Å². The summed E-state index contributed by atoms with van der Waals surface area (Å²) < 4.78 is 0. The van der Waals surface area contributed by atoms with Gasteiger partial charge in [-0.15, -0.1) is 0 Å². The van der Waals surface area contributed by atoms with Gasteiger partial charge in [0.05, 0.1) is 0 Å². The molecule has 144 valence electrons. The molecule has 1 aliphatic rings. The van der Waals surface area contributed by atoms with Crippen molar-refractivity contribution in [1.82, 2.24) is 10.2 Å². The molecule has 3 N–H and O–H groups in total. The van der Waals surface area contributed by atoms with Gasteiger partial charge < -0.3 is 16.0 Å². The number of unbranched alkanes of at least 4 members (excludes halogenated alkanes) is 1. The highest BCUT2D eigenvalue weighted by Crippen LogP contribution is 2.21. The SMILES string of the molecule is Nc1cccc(C(=O)NCCCCN2CCC(Cc3ccccc3)CC2)c1. The molecule has 4 nitrogen and oxygen atoms in total. The van der Waals surface area contributed by atoms with Crippen LogP contribution in [-0.2, 0) is 6.42 Å². The van der Waals surface area contributed by atoms with Crippen molar-refractivity contribution in [3.8, 4) is 0 Å². The molecule has 3 rings (SSSR count). The molecule has 1 amide bonds. The van der Waals surface area contributed by atoms with E-state index in [-0.39, 0.29) is 5.91 Å². The van der Waals surface area contributed by atoms with Gasteiger partial charge in [-0.2, -0.15) is 0 Å². The Bertz CT molecular complexity index is 709. The van der Waals surface area contributed by atoms with Crippen molar-refractivity contribution >= 4 is 11.6 Å². The molecule has 0 aliphatic carbocycles. The van der Waals surface area contributed by atoms with Crippen molar-refractivity contribution in [2.45, 2.75) is 32.1 Å². The zero-order valence-electron chi connectivity index (χ0n) is 16.1. The van der Waals surface area contributed by atoms with Gasteiger partial charge in [0.1, 0.15) is 0 Å². The molecule has 27 heavy (non-hydrogen) atoms. The van der Waals surface area contributed by atoms with Crippen molar-refractivity contribution < 1.29 is 4.79 Å². The molecule has 0 bridgehead atoms. The Balaban J connectivity index is 1.27. The number of amides is 1. The van der Waals surface area contributed by atoms with Gasteiger partial charge in [0.2, 0.25) is 0 Å². The maximum absolute atomic E-state index is 12.1. The second-order valence-corrected chi connectivity index (χ2v) is 7.56. The van der Waals surface area contributed by atoms with E-state index in [9.17, 15) is 4.79 Å². The van der Waals surface area contributed by atoms with Crippen molar-refractivity contribution in [3.05, 3.63) is 65.7 Å². The first-order chi connectivity index (χ1) is 13.2. The second kappa shape index (κ2) is 10.1. The summed E-state index contributed by atoms with van der Waals surface area (Å²) in [6.45, 7) is 4.25. The standard InChI is InChI=1S/C23H31N3O/c24-22-10-6-9-21(18-22)23(27)25-13-4-5-14-26-15-11-20(12-16-26)17-19-7-2-1-3-8-19/h1-3,6-10,18,20H,4-5,11-17,24H2,(H,25,27). The van der Waals surface area contributed by atoms with Crippen LogP contribution in [0.4, 0.5) is 5.69 Å². The minimum Gasteiger partial charge on any atom is -0.399 e. The van der Waals surface area contributed by atoms with Gasteiger partial charge in [-0.25, -0.2) is 0 Å². The van der Waals surface area contributed by atoms with Gasteiger partial charge in [-0.1, -0.05) is 36.4 Å². The number of hydrogen-bond acceptors (Lipinski definition) is 3. The first-order valence-corrected chi connectivity index (χ1v) is 10.1. The number of carbonyl (C=O) groups excluding carboxylic acids is 1. The van der Waals surface area contributed by atoms with Crippen LogP contribution in [0, 0.1) is 5.92 Å². The summed E-state index contributed by atoms with van der Waals surface area (Å²) in [6.07, 6.45) is 5.94. The Morgan fingerprint density at radius 2 is 1.81 bits per heavy atom. The number of nitrogens with zero attached hydrogens (tertiary/aromatic N) is 1. The smallest absolute Gasteiger partial charge is 0.251 e. The molecule has 0 atom stereocenters. The molecular formula is C23H31N3O. The van der Waals surface area contributed by atoms with E-state index in [2.05, 4.69) is 40.5 Å². The Hall–Kier alpha value is -2.33. The number of rotatable bonds is 8. The Morgan fingerprint density at radius 1 is 1.04 bits per heavy atom. The lowest BCUT2D eigenvalue weighted by Gasteiger charge is -2.32. The molecule has 2 aromatic carbocycles. The largest absolute Gasteiger partial charge is 0.399 e. The molecule has 1 aliphatic heterocycles. The molecule has 0 aromatic heterocycles. The van der Waals surface area contributed by atoms with E-state index in [0.29, 0.717) is 11.3 Å². The highest BCUT2D eigenvalue weighted by atomic mass is 16.1. The topological polar surface area (TPSA) is 58.4 Å².